The number of hydrogen-bond donors (Lipinski definition) is 1. The molecule has 0 spiro atoms. The zero-order valence-corrected chi connectivity index (χ0v) is 9.61. The van der Waals surface area contributed by atoms with Gasteiger partial charge in [0, 0.05) is 26.2 Å². The summed E-state index contributed by atoms with van der Waals surface area (Å²) in [6.07, 6.45) is 3.37. The molecule has 0 fully saturated rings. The zero-order chi connectivity index (χ0) is 11.4. The van der Waals surface area contributed by atoms with Gasteiger partial charge in [0.15, 0.2) is 0 Å². The van der Waals surface area contributed by atoms with E-state index in [9.17, 15) is 4.79 Å². The monoisotopic (exact) mass is 207 g/mol. The first-order valence-electron chi connectivity index (χ1n) is 4.94. The molecule has 1 N–H and O–H groups in total. The van der Waals surface area contributed by atoms with Gasteiger partial charge in [-0.15, -0.1) is 0 Å². The summed E-state index contributed by atoms with van der Waals surface area (Å²) in [6.45, 7) is 3.72. The third-order valence-corrected chi connectivity index (χ3v) is 2.06. The van der Waals surface area contributed by atoms with Gasteiger partial charge in [-0.2, -0.15) is 0 Å². The lowest BCUT2D eigenvalue weighted by Gasteiger charge is -2.17. The van der Waals surface area contributed by atoms with Gasteiger partial charge in [0.1, 0.15) is 0 Å². The summed E-state index contributed by atoms with van der Waals surface area (Å²) in [5.74, 6) is -0.0219. The van der Waals surface area contributed by atoms with Gasteiger partial charge >= 0.3 is 0 Å². The minimum absolute atomic E-state index is 0.00565. The Bertz CT molecular complexity index is 347. The summed E-state index contributed by atoms with van der Waals surface area (Å²) in [7, 11) is 3.86. The lowest BCUT2D eigenvalue weighted by molar-refractivity contribution is -0.118. The molecule has 0 aliphatic carbocycles. The second-order valence-electron chi connectivity index (χ2n) is 3.93. The Kier molecular flexibility index (Phi) is 3.66. The van der Waals surface area contributed by atoms with Crippen LogP contribution in [0.2, 0.25) is 0 Å². The van der Waals surface area contributed by atoms with Gasteiger partial charge < -0.3 is 10.2 Å². The second kappa shape index (κ2) is 4.77. The first kappa shape index (κ1) is 11.5. The SMILES string of the molecule is CC(C)C(=O)Nc1cnccc1N(C)C. The number of pyridine rings is 1. The van der Waals surface area contributed by atoms with E-state index < -0.39 is 0 Å². The first-order chi connectivity index (χ1) is 7.02. The molecule has 0 saturated heterocycles. The lowest BCUT2D eigenvalue weighted by atomic mass is 10.2. The Morgan fingerprint density at radius 2 is 2.13 bits per heavy atom. The topological polar surface area (TPSA) is 45.2 Å². The number of rotatable bonds is 3. The van der Waals surface area contributed by atoms with Crippen LogP contribution in [0, 0.1) is 5.92 Å². The van der Waals surface area contributed by atoms with E-state index in [0.717, 1.165) is 11.4 Å². The largest absolute Gasteiger partial charge is 0.376 e. The summed E-state index contributed by atoms with van der Waals surface area (Å²) in [5.41, 5.74) is 1.71. The normalized spacial score (nSPS) is 10.2. The molecule has 1 rings (SSSR count). The molecule has 4 nitrogen and oxygen atoms in total. The summed E-state index contributed by atoms with van der Waals surface area (Å²) < 4.78 is 0. The molecule has 0 radical (unpaired) electrons. The fraction of sp³-hybridized carbons (Fsp3) is 0.455. The average molecular weight is 207 g/mol. The molecule has 0 saturated carbocycles. The molecule has 0 aliphatic rings. The van der Waals surface area contributed by atoms with Crippen molar-refractivity contribution in [1.82, 2.24) is 4.98 Å². The predicted molar refractivity (Wildman–Crippen MR) is 62.0 cm³/mol. The van der Waals surface area contributed by atoms with Crippen molar-refractivity contribution in [2.75, 3.05) is 24.3 Å². The van der Waals surface area contributed by atoms with Gasteiger partial charge in [-0.1, -0.05) is 13.8 Å². The fourth-order valence-corrected chi connectivity index (χ4v) is 1.15. The van der Waals surface area contributed by atoms with Gasteiger partial charge in [0.25, 0.3) is 0 Å². The number of amides is 1. The minimum atomic E-state index is -0.0276. The number of anilines is 2. The van der Waals surface area contributed by atoms with E-state index in [2.05, 4.69) is 10.3 Å². The maximum Gasteiger partial charge on any atom is 0.227 e. The lowest BCUT2D eigenvalue weighted by Crippen LogP contribution is -2.20. The van der Waals surface area contributed by atoms with Crippen molar-refractivity contribution in [2.24, 2.45) is 5.92 Å². The number of nitrogens with zero attached hydrogens (tertiary/aromatic N) is 2. The van der Waals surface area contributed by atoms with Crippen molar-refractivity contribution in [3.05, 3.63) is 18.5 Å². The van der Waals surface area contributed by atoms with Gasteiger partial charge in [-0.3, -0.25) is 9.78 Å². The van der Waals surface area contributed by atoms with Crippen LogP contribution in [0.15, 0.2) is 18.5 Å². The highest BCUT2D eigenvalue weighted by Gasteiger charge is 2.10. The quantitative estimate of drug-likeness (QED) is 0.821. The maximum absolute atomic E-state index is 11.5. The molecule has 82 valence electrons. The van der Waals surface area contributed by atoms with E-state index >= 15 is 0 Å². The Balaban J connectivity index is 2.89. The molecule has 1 heterocycles. The van der Waals surface area contributed by atoms with Gasteiger partial charge in [-0.25, -0.2) is 0 Å². The molecule has 1 amide bonds. The van der Waals surface area contributed by atoms with Crippen molar-refractivity contribution in [1.29, 1.82) is 0 Å². The molecule has 0 bridgehead atoms. The van der Waals surface area contributed by atoms with Crippen LogP contribution in [-0.2, 0) is 4.79 Å². The van der Waals surface area contributed by atoms with Crippen molar-refractivity contribution in [3.8, 4) is 0 Å². The molecule has 1 aromatic rings. The predicted octanol–water partition coefficient (Wildman–Crippen LogP) is 1.74. The van der Waals surface area contributed by atoms with E-state index in [4.69, 9.17) is 0 Å². The summed E-state index contributed by atoms with van der Waals surface area (Å²) in [6, 6.07) is 1.87. The maximum atomic E-state index is 11.5. The summed E-state index contributed by atoms with van der Waals surface area (Å²) in [5, 5.41) is 2.85. The van der Waals surface area contributed by atoms with Crippen LogP contribution in [0.1, 0.15) is 13.8 Å². The van der Waals surface area contributed by atoms with Crippen molar-refractivity contribution >= 4 is 17.3 Å². The van der Waals surface area contributed by atoms with Gasteiger partial charge in [-0.05, 0) is 6.07 Å². The van der Waals surface area contributed by atoms with E-state index in [1.54, 1.807) is 12.4 Å². The Morgan fingerprint density at radius 1 is 1.47 bits per heavy atom. The second-order valence-corrected chi connectivity index (χ2v) is 3.93. The third kappa shape index (κ3) is 2.94. The van der Waals surface area contributed by atoms with E-state index in [-0.39, 0.29) is 11.8 Å². The van der Waals surface area contributed by atoms with Crippen LogP contribution in [0.5, 0.6) is 0 Å². The number of carbonyl (C=O) groups excluding carboxylic acids is 1. The molecule has 0 atom stereocenters. The fourth-order valence-electron chi connectivity index (χ4n) is 1.15. The molecule has 4 heteroatoms. The number of carbonyl (C=O) groups is 1. The molecule has 15 heavy (non-hydrogen) atoms. The van der Waals surface area contributed by atoms with Crippen LogP contribution in [0.25, 0.3) is 0 Å². The van der Waals surface area contributed by atoms with Crippen LogP contribution >= 0.6 is 0 Å². The van der Waals surface area contributed by atoms with Crippen molar-refractivity contribution in [2.45, 2.75) is 13.8 Å². The van der Waals surface area contributed by atoms with E-state index in [1.807, 2.05) is 38.9 Å². The molecule has 0 aromatic carbocycles. The van der Waals surface area contributed by atoms with Crippen molar-refractivity contribution in [3.63, 3.8) is 0 Å². The summed E-state index contributed by atoms with van der Waals surface area (Å²) >= 11 is 0. The van der Waals surface area contributed by atoms with Crippen LogP contribution in [0.3, 0.4) is 0 Å². The van der Waals surface area contributed by atoms with Gasteiger partial charge in [0.2, 0.25) is 5.91 Å². The molecular weight excluding hydrogens is 190 g/mol. The Hall–Kier alpha value is -1.58. The number of hydrogen-bond acceptors (Lipinski definition) is 3. The average Bonchev–Trinajstić information content (AvgIpc) is 2.18. The number of nitrogens with one attached hydrogen (secondary N) is 1. The smallest absolute Gasteiger partial charge is 0.227 e. The van der Waals surface area contributed by atoms with Crippen molar-refractivity contribution < 1.29 is 4.79 Å². The Labute approximate surface area is 90.3 Å². The first-order valence-corrected chi connectivity index (χ1v) is 4.94. The molecule has 0 unspecified atom stereocenters. The highest BCUT2D eigenvalue weighted by atomic mass is 16.1. The van der Waals surface area contributed by atoms with E-state index in [1.165, 1.54) is 0 Å². The molecule has 0 aliphatic heterocycles. The summed E-state index contributed by atoms with van der Waals surface area (Å²) in [4.78, 5) is 17.5. The number of aromatic nitrogens is 1. The van der Waals surface area contributed by atoms with Crippen LogP contribution < -0.4 is 10.2 Å². The highest BCUT2D eigenvalue weighted by Crippen LogP contribution is 2.22. The van der Waals surface area contributed by atoms with Crippen LogP contribution in [-0.4, -0.2) is 25.0 Å². The zero-order valence-electron chi connectivity index (χ0n) is 9.61. The molecular formula is C11H17N3O. The minimum Gasteiger partial charge on any atom is -0.376 e. The highest BCUT2D eigenvalue weighted by molar-refractivity contribution is 5.95. The van der Waals surface area contributed by atoms with E-state index in [0.29, 0.717) is 0 Å². The molecule has 1 aromatic heterocycles. The van der Waals surface area contributed by atoms with Gasteiger partial charge in [0.05, 0.1) is 17.6 Å². The third-order valence-electron chi connectivity index (χ3n) is 2.06. The van der Waals surface area contributed by atoms with Crippen LogP contribution in [0.4, 0.5) is 11.4 Å². The Morgan fingerprint density at radius 3 is 2.67 bits per heavy atom. The standard InChI is InChI=1S/C11H17N3O/c1-8(2)11(15)13-9-7-12-6-5-10(9)14(3)4/h5-8H,1-4H3,(H,13,15).